The van der Waals surface area contributed by atoms with Gasteiger partial charge in [-0.25, -0.2) is 0 Å². The molecule has 3 atom stereocenters. The molecule has 2 aliphatic rings. The van der Waals surface area contributed by atoms with E-state index in [9.17, 15) is 5.11 Å². The highest BCUT2D eigenvalue weighted by Gasteiger charge is 2.27. The van der Waals surface area contributed by atoms with Crippen molar-refractivity contribution in [2.75, 3.05) is 39.5 Å². The van der Waals surface area contributed by atoms with E-state index in [1.54, 1.807) is 0 Å². The van der Waals surface area contributed by atoms with Crippen molar-refractivity contribution in [1.29, 1.82) is 0 Å². The molecule has 2 fully saturated rings. The van der Waals surface area contributed by atoms with Gasteiger partial charge >= 0.3 is 0 Å². The zero-order valence-corrected chi connectivity index (χ0v) is 9.39. The van der Waals surface area contributed by atoms with Crippen molar-refractivity contribution in [3.63, 3.8) is 0 Å². The predicted molar refractivity (Wildman–Crippen MR) is 56.8 cm³/mol. The van der Waals surface area contributed by atoms with Crippen LogP contribution in [0.2, 0.25) is 0 Å². The Balaban J connectivity index is 1.79. The second kappa shape index (κ2) is 5.25. The molecule has 2 aliphatic heterocycles. The lowest BCUT2D eigenvalue weighted by atomic mass is 9.98. The van der Waals surface area contributed by atoms with Gasteiger partial charge in [0.1, 0.15) is 0 Å². The van der Waals surface area contributed by atoms with Crippen molar-refractivity contribution in [3.05, 3.63) is 0 Å². The highest BCUT2D eigenvalue weighted by Crippen LogP contribution is 2.17. The number of nitrogens with zero attached hydrogens (tertiary/aromatic N) is 1. The third kappa shape index (κ3) is 3.14. The molecular formula is C11H21NO3. The lowest BCUT2D eigenvalue weighted by molar-refractivity contribution is -0.0692. The molecule has 4 nitrogen and oxygen atoms in total. The molecular weight excluding hydrogens is 194 g/mol. The maximum Gasteiger partial charge on any atom is 0.0674 e. The van der Waals surface area contributed by atoms with Crippen LogP contribution >= 0.6 is 0 Å². The van der Waals surface area contributed by atoms with Crippen LogP contribution in [0.5, 0.6) is 0 Å². The van der Waals surface area contributed by atoms with Gasteiger partial charge in [-0.3, -0.25) is 4.90 Å². The van der Waals surface area contributed by atoms with Crippen LogP contribution in [0.3, 0.4) is 0 Å². The van der Waals surface area contributed by atoms with Crippen LogP contribution in [0.1, 0.15) is 13.3 Å². The van der Waals surface area contributed by atoms with Crippen molar-refractivity contribution < 1.29 is 14.6 Å². The van der Waals surface area contributed by atoms with Crippen LogP contribution in [0, 0.1) is 5.92 Å². The van der Waals surface area contributed by atoms with E-state index >= 15 is 0 Å². The van der Waals surface area contributed by atoms with Crippen LogP contribution in [0.15, 0.2) is 0 Å². The van der Waals surface area contributed by atoms with Gasteiger partial charge in [-0.2, -0.15) is 0 Å². The maximum absolute atomic E-state index is 9.83. The van der Waals surface area contributed by atoms with Gasteiger partial charge < -0.3 is 14.6 Å². The summed E-state index contributed by atoms with van der Waals surface area (Å²) in [4.78, 5) is 2.37. The van der Waals surface area contributed by atoms with E-state index in [4.69, 9.17) is 9.47 Å². The Kier molecular flexibility index (Phi) is 3.97. The minimum absolute atomic E-state index is 0.183. The van der Waals surface area contributed by atoms with Crippen LogP contribution < -0.4 is 0 Å². The number of aliphatic hydroxyl groups is 1. The number of rotatable bonds is 2. The summed E-state index contributed by atoms with van der Waals surface area (Å²) in [5.41, 5.74) is 0. The number of morpholine rings is 1. The highest BCUT2D eigenvalue weighted by atomic mass is 16.5. The van der Waals surface area contributed by atoms with E-state index in [-0.39, 0.29) is 12.0 Å². The number of hydrogen-bond acceptors (Lipinski definition) is 4. The first-order valence-corrected chi connectivity index (χ1v) is 5.85. The molecule has 1 N–H and O–H groups in total. The Morgan fingerprint density at radius 2 is 2.27 bits per heavy atom. The predicted octanol–water partition coefficient (Wildman–Crippen LogP) is 0.104. The Hall–Kier alpha value is -0.160. The smallest absolute Gasteiger partial charge is 0.0674 e. The summed E-state index contributed by atoms with van der Waals surface area (Å²) in [5.74, 6) is 0.282. The lowest BCUT2D eigenvalue weighted by Gasteiger charge is -2.36. The van der Waals surface area contributed by atoms with Crippen molar-refractivity contribution in [2.45, 2.75) is 25.6 Å². The van der Waals surface area contributed by atoms with Gasteiger partial charge in [-0.05, 0) is 13.3 Å². The van der Waals surface area contributed by atoms with E-state index < -0.39 is 0 Å². The average molecular weight is 215 g/mol. The van der Waals surface area contributed by atoms with Crippen molar-refractivity contribution >= 4 is 0 Å². The lowest BCUT2D eigenvalue weighted by Crippen LogP contribution is -2.47. The van der Waals surface area contributed by atoms with E-state index in [0.717, 1.165) is 32.7 Å². The van der Waals surface area contributed by atoms with E-state index in [1.165, 1.54) is 0 Å². The SMILES string of the molecule is CC1CN(CC2COCCC2O)CCO1. The highest BCUT2D eigenvalue weighted by molar-refractivity contribution is 4.78. The number of hydrogen-bond donors (Lipinski definition) is 1. The minimum Gasteiger partial charge on any atom is -0.393 e. The summed E-state index contributed by atoms with van der Waals surface area (Å²) in [5, 5.41) is 9.83. The fraction of sp³-hybridized carbons (Fsp3) is 1.00. The summed E-state index contributed by atoms with van der Waals surface area (Å²) in [6.45, 7) is 7.21. The molecule has 0 aliphatic carbocycles. The first kappa shape index (κ1) is 11.3. The van der Waals surface area contributed by atoms with Gasteiger partial charge in [0.2, 0.25) is 0 Å². The maximum atomic E-state index is 9.83. The molecule has 2 heterocycles. The first-order valence-electron chi connectivity index (χ1n) is 5.85. The zero-order chi connectivity index (χ0) is 10.7. The van der Waals surface area contributed by atoms with Crippen LogP contribution in [-0.2, 0) is 9.47 Å². The fourth-order valence-corrected chi connectivity index (χ4v) is 2.35. The monoisotopic (exact) mass is 215 g/mol. The van der Waals surface area contributed by atoms with Crippen LogP contribution in [-0.4, -0.2) is 61.7 Å². The molecule has 0 aromatic carbocycles. The Bertz CT molecular complexity index is 200. The topological polar surface area (TPSA) is 41.9 Å². The Morgan fingerprint density at radius 3 is 3.00 bits per heavy atom. The summed E-state index contributed by atoms with van der Waals surface area (Å²) < 4.78 is 10.9. The molecule has 0 spiro atoms. The van der Waals surface area contributed by atoms with Gasteiger partial charge in [-0.15, -0.1) is 0 Å². The van der Waals surface area contributed by atoms with E-state index in [0.29, 0.717) is 19.3 Å². The molecule has 0 radical (unpaired) electrons. The summed E-state index contributed by atoms with van der Waals surface area (Å²) in [7, 11) is 0. The Labute approximate surface area is 91.2 Å². The standard InChI is InChI=1S/C11H21NO3/c1-9-6-12(3-5-15-9)7-10-8-14-4-2-11(10)13/h9-11,13H,2-8H2,1H3. The molecule has 15 heavy (non-hydrogen) atoms. The average Bonchev–Trinajstić information content (AvgIpc) is 2.22. The summed E-state index contributed by atoms with van der Waals surface area (Å²) >= 11 is 0. The molecule has 0 saturated carbocycles. The quantitative estimate of drug-likeness (QED) is 0.709. The Morgan fingerprint density at radius 1 is 1.40 bits per heavy atom. The van der Waals surface area contributed by atoms with Crippen LogP contribution in [0.4, 0.5) is 0 Å². The zero-order valence-electron chi connectivity index (χ0n) is 9.39. The van der Waals surface area contributed by atoms with Gasteiger partial charge in [0.25, 0.3) is 0 Å². The third-order valence-corrected chi connectivity index (χ3v) is 3.25. The third-order valence-electron chi connectivity index (χ3n) is 3.25. The van der Waals surface area contributed by atoms with Gasteiger partial charge in [0.05, 0.1) is 25.4 Å². The summed E-state index contributed by atoms with van der Waals surface area (Å²) in [6.07, 6.45) is 0.919. The van der Waals surface area contributed by atoms with Gasteiger partial charge in [0.15, 0.2) is 0 Å². The van der Waals surface area contributed by atoms with Crippen molar-refractivity contribution in [2.24, 2.45) is 5.92 Å². The molecule has 2 saturated heterocycles. The summed E-state index contributed by atoms with van der Waals surface area (Å²) in [6, 6.07) is 0. The molecule has 3 unspecified atom stereocenters. The van der Waals surface area contributed by atoms with Crippen LogP contribution in [0.25, 0.3) is 0 Å². The molecule has 88 valence electrons. The second-order valence-corrected chi connectivity index (χ2v) is 4.63. The van der Waals surface area contributed by atoms with E-state index in [1.807, 2.05) is 0 Å². The van der Waals surface area contributed by atoms with Gasteiger partial charge in [-0.1, -0.05) is 0 Å². The van der Waals surface area contributed by atoms with Gasteiger partial charge in [0, 0.05) is 32.2 Å². The molecule has 2 rings (SSSR count). The van der Waals surface area contributed by atoms with E-state index in [2.05, 4.69) is 11.8 Å². The molecule has 0 amide bonds. The molecule has 4 heteroatoms. The second-order valence-electron chi connectivity index (χ2n) is 4.63. The first-order chi connectivity index (χ1) is 7.25. The number of ether oxygens (including phenoxy) is 2. The molecule has 0 aromatic rings. The number of aliphatic hydroxyl groups excluding tert-OH is 1. The fourth-order valence-electron chi connectivity index (χ4n) is 2.35. The minimum atomic E-state index is -0.183. The normalized spacial score (nSPS) is 39.2. The molecule has 0 aromatic heterocycles. The van der Waals surface area contributed by atoms with Crippen molar-refractivity contribution in [1.82, 2.24) is 4.90 Å². The van der Waals surface area contributed by atoms with Crippen molar-refractivity contribution in [3.8, 4) is 0 Å². The molecule has 0 bridgehead atoms. The largest absolute Gasteiger partial charge is 0.393 e.